The Morgan fingerprint density at radius 2 is 1.75 bits per heavy atom. The molecule has 1 nitrogen and oxygen atoms in total. The molecular weight excluding hydrogens is 275 g/mol. The molecule has 3 heteroatoms. The summed E-state index contributed by atoms with van der Waals surface area (Å²) in [7, 11) is 0. The summed E-state index contributed by atoms with van der Waals surface area (Å²) in [5.74, 6) is -0.325. The molecule has 0 saturated carbocycles. The Balaban J connectivity index is 2.10. The van der Waals surface area contributed by atoms with Crippen LogP contribution >= 0.6 is 11.6 Å². The van der Waals surface area contributed by atoms with E-state index < -0.39 is 6.10 Å². The number of hydrogen-bond acceptors (Lipinski definition) is 1. The number of rotatable bonds is 4. The van der Waals surface area contributed by atoms with Crippen LogP contribution in [0.4, 0.5) is 4.39 Å². The van der Waals surface area contributed by atoms with E-state index in [-0.39, 0.29) is 12.2 Å². The third kappa shape index (κ3) is 3.81. The topological polar surface area (TPSA) is 20.2 Å². The standard InChI is InChI=1S/C17H18ClFO/c1-11-3-4-12(2)13(7-11)9-16(20)10-14-8-15(18)5-6-17(14)19/h3-8,16,20H,9-10H2,1-2H3. The molecule has 2 aromatic carbocycles. The first-order valence-electron chi connectivity index (χ1n) is 6.64. The number of halogens is 2. The van der Waals surface area contributed by atoms with E-state index in [9.17, 15) is 9.50 Å². The maximum atomic E-state index is 13.6. The van der Waals surface area contributed by atoms with Gasteiger partial charge >= 0.3 is 0 Å². The van der Waals surface area contributed by atoms with Gasteiger partial charge in [0.05, 0.1) is 6.10 Å². The van der Waals surface area contributed by atoms with E-state index in [1.807, 2.05) is 26.0 Å². The summed E-state index contributed by atoms with van der Waals surface area (Å²) in [6.45, 7) is 4.04. The van der Waals surface area contributed by atoms with Gasteiger partial charge in [-0.05, 0) is 55.2 Å². The lowest BCUT2D eigenvalue weighted by atomic mass is 9.97. The second kappa shape index (κ2) is 6.38. The summed E-state index contributed by atoms with van der Waals surface area (Å²) in [5, 5.41) is 10.7. The minimum atomic E-state index is -0.622. The van der Waals surface area contributed by atoms with Gasteiger partial charge < -0.3 is 5.11 Å². The molecule has 0 aromatic heterocycles. The van der Waals surface area contributed by atoms with E-state index in [1.165, 1.54) is 12.1 Å². The monoisotopic (exact) mass is 292 g/mol. The fourth-order valence-corrected chi connectivity index (χ4v) is 2.49. The Morgan fingerprint density at radius 3 is 2.50 bits per heavy atom. The zero-order valence-electron chi connectivity index (χ0n) is 11.7. The average Bonchev–Trinajstić information content (AvgIpc) is 2.38. The Hall–Kier alpha value is -1.38. The van der Waals surface area contributed by atoms with Gasteiger partial charge in [0.1, 0.15) is 5.82 Å². The molecule has 0 radical (unpaired) electrons. The van der Waals surface area contributed by atoms with Gasteiger partial charge in [-0.3, -0.25) is 0 Å². The highest BCUT2D eigenvalue weighted by atomic mass is 35.5. The molecule has 1 N–H and O–H groups in total. The van der Waals surface area contributed by atoms with Crippen molar-refractivity contribution in [1.29, 1.82) is 0 Å². The minimum Gasteiger partial charge on any atom is -0.392 e. The van der Waals surface area contributed by atoms with E-state index in [1.54, 1.807) is 6.07 Å². The van der Waals surface area contributed by atoms with Crippen molar-refractivity contribution in [2.75, 3.05) is 0 Å². The van der Waals surface area contributed by atoms with E-state index in [4.69, 9.17) is 11.6 Å². The molecule has 0 bridgehead atoms. The van der Waals surface area contributed by atoms with Crippen LogP contribution in [-0.4, -0.2) is 11.2 Å². The maximum Gasteiger partial charge on any atom is 0.126 e. The molecule has 0 saturated heterocycles. The van der Waals surface area contributed by atoms with Crippen molar-refractivity contribution in [2.45, 2.75) is 32.8 Å². The number of aliphatic hydroxyl groups excluding tert-OH is 1. The van der Waals surface area contributed by atoms with Crippen LogP contribution in [0.1, 0.15) is 22.3 Å². The Labute approximate surface area is 124 Å². The molecule has 0 aliphatic heterocycles. The van der Waals surface area contributed by atoms with Crippen molar-refractivity contribution < 1.29 is 9.50 Å². The first-order chi connectivity index (χ1) is 9.45. The van der Waals surface area contributed by atoms with Gasteiger partial charge in [0.15, 0.2) is 0 Å². The molecule has 106 valence electrons. The van der Waals surface area contributed by atoms with Crippen LogP contribution < -0.4 is 0 Å². The lowest BCUT2D eigenvalue weighted by Gasteiger charge is -2.14. The highest BCUT2D eigenvalue weighted by molar-refractivity contribution is 6.30. The Kier molecular flexibility index (Phi) is 4.79. The van der Waals surface area contributed by atoms with Crippen LogP contribution in [0, 0.1) is 19.7 Å². The molecule has 0 aliphatic carbocycles. The fraction of sp³-hybridized carbons (Fsp3) is 0.294. The predicted octanol–water partition coefficient (Wildman–Crippen LogP) is 4.24. The maximum absolute atomic E-state index is 13.6. The van der Waals surface area contributed by atoms with Crippen LogP contribution in [0.5, 0.6) is 0 Å². The third-order valence-electron chi connectivity index (χ3n) is 3.42. The van der Waals surface area contributed by atoms with Crippen molar-refractivity contribution in [3.63, 3.8) is 0 Å². The second-order valence-electron chi connectivity index (χ2n) is 5.23. The molecule has 1 unspecified atom stereocenters. The van der Waals surface area contributed by atoms with Crippen LogP contribution in [0.2, 0.25) is 5.02 Å². The summed E-state index contributed by atoms with van der Waals surface area (Å²) in [6, 6.07) is 10.6. The predicted molar refractivity (Wildman–Crippen MR) is 80.7 cm³/mol. The largest absolute Gasteiger partial charge is 0.392 e. The number of benzene rings is 2. The van der Waals surface area contributed by atoms with Gasteiger partial charge in [-0.15, -0.1) is 0 Å². The number of hydrogen-bond donors (Lipinski definition) is 1. The highest BCUT2D eigenvalue weighted by Gasteiger charge is 2.12. The van der Waals surface area contributed by atoms with Crippen LogP contribution in [0.25, 0.3) is 0 Å². The van der Waals surface area contributed by atoms with Crippen molar-refractivity contribution in [2.24, 2.45) is 0 Å². The van der Waals surface area contributed by atoms with Gasteiger partial charge in [-0.2, -0.15) is 0 Å². The van der Waals surface area contributed by atoms with Crippen molar-refractivity contribution in [3.05, 3.63) is 69.5 Å². The zero-order chi connectivity index (χ0) is 14.7. The summed E-state index contributed by atoms with van der Waals surface area (Å²) < 4.78 is 13.6. The molecule has 0 spiro atoms. The molecule has 0 heterocycles. The number of aryl methyl sites for hydroxylation is 2. The van der Waals surface area contributed by atoms with Crippen molar-refractivity contribution in [3.8, 4) is 0 Å². The summed E-state index contributed by atoms with van der Waals surface area (Å²) in [4.78, 5) is 0. The van der Waals surface area contributed by atoms with E-state index in [2.05, 4.69) is 6.07 Å². The molecule has 2 rings (SSSR count). The summed E-state index contributed by atoms with van der Waals surface area (Å²) in [6.07, 6.45) is 0.155. The van der Waals surface area contributed by atoms with Crippen LogP contribution in [0.15, 0.2) is 36.4 Å². The van der Waals surface area contributed by atoms with E-state index >= 15 is 0 Å². The lowest BCUT2D eigenvalue weighted by molar-refractivity contribution is 0.174. The molecule has 20 heavy (non-hydrogen) atoms. The van der Waals surface area contributed by atoms with Crippen molar-refractivity contribution >= 4 is 11.6 Å². The van der Waals surface area contributed by atoms with Crippen molar-refractivity contribution in [1.82, 2.24) is 0 Å². The Bertz CT molecular complexity index is 556. The molecule has 0 aliphatic rings. The quantitative estimate of drug-likeness (QED) is 0.893. The van der Waals surface area contributed by atoms with Gasteiger partial charge in [0.2, 0.25) is 0 Å². The lowest BCUT2D eigenvalue weighted by Crippen LogP contribution is -2.15. The van der Waals surface area contributed by atoms with Gasteiger partial charge in [0.25, 0.3) is 0 Å². The minimum absolute atomic E-state index is 0.264. The van der Waals surface area contributed by atoms with Gasteiger partial charge in [0, 0.05) is 11.4 Å². The fourth-order valence-electron chi connectivity index (χ4n) is 2.30. The normalized spacial score (nSPS) is 12.4. The van der Waals surface area contributed by atoms with Crippen LogP contribution in [-0.2, 0) is 12.8 Å². The molecular formula is C17H18ClFO. The SMILES string of the molecule is Cc1ccc(C)c(CC(O)Cc2cc(Cl)ccc2F)c1. The van der Waals surface area contributed by atoms with Gasteiger partial charge in [-0.1, -0.05) is 35.4 Å². The first-order valence-corrected chi connectivity index (χ1v) is 7.01. The molecule has 2 aromatic rings. The second-order valence-corrected chi connectivity index (χ2v) is 5.66. The zero-order valence-corrected chi connectivity index (χ0v) is 12.4. The molecule has 1 atom stereocenters. The Morgan fingerprint density at radius 1 is 1.05 bits per heavy atom. The average molecular weight is 293 g/mol. The van der Waals surface area contributed by atoms with E-state index in [0.29, 0.717) is 17.0 Å². The van der Waals surface area contributed by atoms with E-state index in [0.717, 1.165) is 16.7 Å². The molecule has 0 fully saturated rings. The van der Waals surface area contributed by atoms with Crippen LogP contribution in [0.3, 0.4) is 0 Å². The summed E-state index contributed by atoms with van der Waals surface area (Å²) in [5.41, 5.74) is 3.85. The third-order valence-corrected chi connectivity index (χ3v) is 3.66. The molecule has 0 amide bonds. The van der Waals surface area contributed by atoms with Gasteiger partial charge in [-0.25, -0.2) is 4.39 Å². The smallest absolute Gasteiger partial charge is 0.126 e. The first kappa shape index (κ1) is 15.0. The summed E-state index contributed by atoms with van der Waals surface area (Å²) >= 11 is 5.86. The number of aliphatic hydroxyl groups is 1. The highest BCUT2D eigenvalue weighted by Crippen LogP contribution is 2.19.